The van der Waals surface area contributed by atoms with Crippen LogP contribution in [0.2, 0.25) is 0 Å². The Balaban J connectivity index is 2.53. The van der Waals surface area contributed by atoms with Gasteiger partial charge in [0.2, 0.25) is 0 Å². The summed E-state index contributed by atoms with van der Waals surface area (Å²) in [5.41, 5.74) is 0.684. The van der Waals surface area contributed by atoms with E-state index in [1.165, 1.54) is 0 Å². The number of ether oxygens (including phenoxy) is 2. The molecule has 1 rings (SSSR count). The monoisotopic (exact) mass is 236 g/mol. The molecule has 0 aliphatic heterocycles. The molecule has 0 atom stereocenters. The number of benzene rings is 1. The number of rotatable bonds is 7. The van der Waals surface area contributed by atoms with Crippen molar-refractivity contribution in [1.29, 1.82) is 0 Å². The highest BCUT2D eigenvalue weighted by atomic mass is 16.5. The van der Waals surface area contributed by atoms with Gasteiger partial charge in [0.05, 0.1) is 19.3 Å². The molecule has 0 aromatic heterocycles. The lowest BCUT2D eigenvalue weighted by molar-refractivity contribution is 0.0678. The van der Waals surface area contributed by atoms with Crippen molar-refractivity contribution in [2.75, 3.05) is 13.2 Å². The Labute approximate surface area is 103 Å². The molecular weight excluding hydrogens is 216 g/mol. The van der Waals surface area contributed by atoms with E-state index < -0.39 is 0 Å². The van der Waals surface area contributed by atoms with Crippen LogP contribution in [0.3, 0.4) is 0 Å². The zero-order chi connectivity index (χ0) is 12.7. The lowest BCUT2D eigenvalue weighted by atomic mass is 10.1. The summed E-state index contributed by atoms with van der Waals surface area (Å²) in [4.78, 5) is 11.8. The third kappa shape index (κ3) is 5.00. The Hall–Kier alpha value is -1.35. The predicted octanol–water partition coefficient (Wildman–Crippen LogP) is 3.08. The second-order valence-corrected chi connectivity index (χ2v) is 4.05. The molecule has 0 fully saturated rings. The number of ketones is 1. The molecule has 94 valence electrons. The van der Waals surface area contributed by atoms with E-state index in [2.05, 4.69) is 0 Å². The summed E-state index contributed by atoms with van der Waals surface area (Å²) in [6, 6.07) is 7.27. The zero-order valence-electron chi connectivity index (χ0n) is 10.7. The van der Waals surface area contributed by atoms with Crippen molar-refractivity contribution in [3.05, 3.63) is 29.8 Å². The first-order valence-corrected chi connectivity index (χ1v) is 6.01. The highest BCUT2D eigenvalue weighted by molar-refractivity contribution is 5.96. The average molecular weight is 236 g/mol. The fourth-order valence-electron chi connectivity index (χ4n) is 1.46. The van der Waals surface area contributed by atoms with Crippen molar-refractivity contribution in [1.82, 2.24) is 0 Å². The van der Waals surface area contributed by atoms with Crippen molar-refractivity contribution in [3.8, 4) is 5.75 Å². The minimum Gasteiger partial charge on any atom is -0.494 e. The molecule has 0 aliphatic rings. The van der Waals surface area contributed by atoms with Gasteiger partial charge in [0.1, 0.15) is 5.75 Å². The van der Waals surface area contributed by atoms with Crippen LogP contribution >= 0.6 is 0 Å². The molecular formula is C14H20O3. The van der Waals surface area contributed by atoms with Crippen molar-refractivity contribution in [2.24, 2.45) is 0 Å². The SMILES string of the molecule is CCOc1cccc(C(=O)CCOC(C)C)c1. The minimum atomic E-state index is 0.0900. The largest absolute Gasteiger partial charge is 0.494 e. The molecule has 0 heterocycles. The predicted molar refractivity (Wildman–Crippen MR) is 67.6 cm³/mol. The summed E-state index contributed by atoms with van der Waals surface area (Å²) in [6.45, 7) is 6.91. The van der Waals surface area contributed by atoms with Crippen LogP contribution in [0.1, 0.15) is 37.6 Å². The van der Waals surface area contributed by atoms with Gasteiger partial charge in [-0.1, -0.05) is 12.1 Å². The van der Waals surface area contributed by atoms with Gasteiger partial charge >= 0.3 is 0 Å². The van der Waals surface area contributed by atoms with Crippen LogP contribution in [0.4, 0.5) is 0 Å². The molecule has 0 saturated heterocycles. The van der Waals surface area contributed by atoms with Gasteiger partial charge in [-0.2, -0.15) is 0 Å². The van der Waals surface area contributed by atoms with Crippen molar-refractivity contribution >= 4 is 5.78 Å². The van der Waals surface area contributed by atoms with Gasteiger partial charge in [0.25, 0.3) is 0 Å². The zero-order valence-corrected chi connectivity index (χ0v) is 10.7. The van der Waals surface area contributed by atoms with E-state index in [1.807, 2.05) is 32.9 Å². The molecule has 17 heavy (non-hydrogen) atoms. The topological polar surface area (TPSA) is 35.5 Å². The first-order valence-electron chi connectivity index (χ1n) is 6.01. The van der Waals surface area contributed by atoms with Crippen molar-refractivity contribution in [2.45, 2.75) is 33.3 Å². The van der Waals surface area contributed by atoms with Crippen LogP contribution in [0, 0.1) is 0 Å². The third-order valence-electron chi connectivity index (χ3n) is 2.25. The van der Waals surface area contributed by atoms with Crippen molar-refractivity contribution < 1.29 is 14.3 Å². The van der Waals surface area contributed by atoms with Gasteiger partial charge in [0, 0.05) is 12.0 Å². The summed E-state index contributed by atoms with van der Waals surface area (Å²) in [6.07, 6.45) is 0.575. The van der Waals surface area contributed by atoms with Crippen LogP contribution in [0.25, 0.3) is 0 Å². The number of Topliss-reactive ketones (excluding diaryl/α,β-unsaturated/α-hetero) is 1. The second-order valence-electron chi connectivity index (χ2n) is 4.05. The standard InChI is InChI=1S/C14H20O3/c1-4-16-13-7-5-6-12(10-13)14(15)8-9-17-11(2)3/h5-7,10-11H,4,8-9H2,1-3H3. The molecule has 0 radical (unpaired) electrons. The van der Waals surface area contributed by atoms with Crippen LogP contribution in [-0.2, 0) is 4.74 Å². The quantitative estimate of drug-likeness (QED) is 0.682. The smallest absolute Gasteiger partial charge is 0.165 e. The fourth-order valence-corrected chi connectivity index (χ4v) is 1.46. The number of hydrogen-bond donors (Lipinski definition) is 0. The third-order valence-corrected chi connectivity index (χ3v) is 2.25. The molecule has 1 aromatic rings. The van der Waals surface area contributed by atoms with E-state index in [0.29, 0.717) is 25.2 Å². The van der Waals surface area contributed by atoms with E-state index in [1.54, 1.807) is 12.1 Å². The van der Waals surface area contributed by atoms with Crippen LogP contribution in [0.5, 0.6) is 5.75 Å². The van der Waals surface area contributed by atoms with E-state index in [9.17, 15) is 4.79 Å². The highest BCUT2D eigenvalue weighted by Crippen LogP contribution is 2.14. The molecule has 3 heteroatoms. The molecule has 0 bridgehead atoms. The summed E-state index contributed by atoms with van der Waals surface area (Å²) < 4.78 is 10.7. The lowest BCUT2D eigenvalue weighted by Crippen LogP contribution is -2.09. The number of carbonyl (C=O) groups excluding carboxylic acids is 1. The lowest BCUT2D eigenvalue weighted by Gasteiger charge is -2.08. The summed E-state index contributed by atoms with van der Waals surface area (Å²) in [5, 5.41) is 0. The molecule has 3 nitrogen and oxygen atoms in total. The van der Waals surface area contributed by atoms with Crippen LogP contribution in [-0.4, -0.2) is 25.1 Å². The maximum absolute atomic E-state index is 11.8. The fraction of sp³-hybridized carbons (Fsp3) is 0.500. The highest BCUT2D eigenvalue weighted by Gasteiger charge is 2.07. The van der Waals surface area contributed by atoms with Gasteiger partial charge in [-0.05, 0) is 32.9 Å². The summed E-state index contributed by atoms with van der Waals surface area (Å²) >= 11 is 0. The first kappa shape index (κ1) is 13.7. The van der Waals surface area contributed by atoms with Crippen LogP contribution < -0.4 is 4.74 Å². The molecule has 0 spiro atoms. The Morgan fingerprint density at radius 2 is 2.12 bits per heavy atom. The molecule has 0 saturated carbocycles. The normalized spacial score (nSPS) is 10.6. The molecule has 0 amide bonds. The molecule has 0 N–H and O–H groups in total. The maximum Gasteiger partial charge on any atom is 0.165 e. The molecule has 0 unspecified atom stereocenters. The van der Waals surface area contributed by atoms with E-state index in [4.69, 9.17) is 9.47 Å². The van der Waals surface area contributed by atoms with Crippen molar-refractivity contribution in [3.63, 3.8) is 0 Å². The first-order chi connectivity index (χ1) is 8.13. The van der Waals surface area contributed by atoms with Crippen LogP contribution in [0.15, 0.2) is 24.3 Å². The average Bonchev–Trinajstić information content (AvgIpc) is 2.29. The Morgan fingerprint density at radius 1 is 1.35 bits per heavy atom. The van der Waals surface area contributed by atoms with Gasteiger partial charge in [-0.25, -0.2) is 0 Å². The maximum atomic E-state index is 11.8. The summed E-state index contributed by atoms with van der Waals surface area (Å²) in [5.74, 6) is 0.829. The van der Waals surface area contributed by atoms with Gasteiger partial charge in [-0.15, -0.1) is 0 Å². The van der Waals surface area contributed by atoms with E-state index in [0.717, 1.165) is 5.75 Å². The Bertz CT molecular complexity index is 358. The molecule has 1 aromatic carbocycles. The van der Waals surface area contributed by atoms with E-state index in [-0.39, 0.29) is 11.9 Å². The summed E-state index contributed by atoms with van der Waals surface area (Å²) in [7, 11) is 0. The number of carbonyl (C=O) groups is 1. The van der Waals surface area contributed by atoms with Gasteiger partial charge in [-0.3, -0.25) is 4.79 Å². The Morgan fingerprint density at radius 3 is 2.76 bits per heavy atom. The van der Waals surface area contributed by atoms with Gasteiger partial charge < -0.3 is 9.47 Å². The second kappa shape index (κ2) is 7.07. The van der Waals surface area contributed by atoms with E-state index >= 15 is 0 Å². The number of hydrogen-bond acceptors (Lipinski definition) is 3. The molecule has 0 aliphatic carbocycles. The minimum absolute atomic E-state index is 0.0900. The Kier molecular flexibility index (Phi) is 5.70. The van der Waals surface area contributed by atoms with Gasteiger partial charge in [0.15, 0.2) is 5.78 Å².